The van der Waals surface area contributed by atoms with E-state index in [0.717, 1.165) is 6.54 Å². The number of rotatable bonds is 5. The molecule has 0 N–H and O–H groups in total. The number of carbonyl (C=O) groups excluding carboxylic acids is 1. The Morgan fingerprint density at radius 2 is 2.21 bits per heavy atom. The lowest BCUT2D eigenvalue weighted by Gasteiger charge is -2.18. The molecule has 2 heterocycles. The second-order valence-electron chi connectivity index (χ2n) is 4.17. The van der Waals surface area contributed by atoms with Gasteiger partial charge in [-0.25, -0.2) is 4.63 Å². The maximum atomic E-state index is 12.3. The molecule has 19 heavy (non-hydrogen) atoms. The molecule has 0 aliphatic carbocycles. The van der Waals surface area contributed by atoms with E-state index < -0.39 is 0 Å². The fraction of sp³-hybridized carbons (Fsp3) is 0.500. The molecule has 102 valence electrons. The minimum Gasteiger partial charge on any atom is -0.331 e. The minimum atomic E-state index is -0.114. The first kappa shape index (κ1) is 13.3. The van der Waals surface area contributed by atoms with Crippen molar-refractivity contribution in [2.75, 3.05) is 6.54 Å². The molecule has 0 saturated carbocycles. The van der Waals surface area contributed by atoms with E-state index in [1.807, 2.05) is 13.8 Å². The van der Waals surface area contributed by atoms with E-state index in [1.165, 1.54) is 0 Å². The van der Waals surface area contributed by atoms with Crippen LogP contribution in [0.15, 0.2) is 16.9 Å². The van der Waals surface area contributed by atoms with Crippen LogP contribution >= 0.6 is 0 Å². The van der Waals surface area contributed by atoms with Crippen molar-refractivity contribution in [2.45, 2.75) is 33.9 Å². The Bertz CT molecular complexity index is 560. The summed E-state index contributed by atoms with van der Waals surface area (Å²) in [6, 6.07) is 1.72. The lowest BCUT2D eigenvalue weighted by molar-refractivity contribution is 0.0742. The topological polar surface area (TPSA) is 77.0 Å². The number of aromatic nitrogens is 4. The molecular formula is C12H17N5O2. The highest BCUT2D eigenvalue weighted by molar-refractivity contribution is 5.92. The van der Waals surface area contributed by atoms with E-state index in [0.29, 0.717) is 30.2 Å². The summed E-state index contributed by atoms with van der Waals surface area (Å²) in [4.78, 5) is 14.0. The number of amides is 1. The highest BCUT2D eigenvalue weighted by atomic mass is 16.6. The number of aryl methyl sites for hydroxylation is 2. The number of carbonyl (C=O) groups is 1. The molecule has 7 heteroatoms. The molecule has 0 atom stereocenters. The van der Waals surface area contributed by atoms with Crippen LogP contribution in [0.1, 0.15) is 35.7 Å². The van der Waals surface area contributed by atoms with Gasteiger partial charge in [-0.2, -0.15) is 5.10 Å². The van der Waals surface area contributed by atoms with Gasteiger partial charge in [0.15, 0.2) is 0 Å². The minimum absolute atomic E-state index is 0.114. The molecule has 0 unspecified atom stereocenters. The molecule has 0 aliphatic rings. The van der Waals surface area contributed by atoms with Crippen LogP contribution in [0.2, 0.25) is 0 Å². The van der Waals surface area contributed by atoms with E-state index in [9.17, 15) is 4.79 Å². The summed E-state index contributed by atoms with van der Waals surface area (Å²) in [6.07, 6.45) is 1.80. The molecule has 0 fully saturated rings. The highest BCUT2D eigenvalue weighted by Crippen LogP contribution is 2.09. The van der Waals surface area contributed by atoms with Gasteiger partial charge in [0.05, 0.1) is 6.54 Å². The predicted octanol–water partition coefficient (Wildman–Crippen LogP) is 1.26. The maximum Gasteiger partial charge on any atom is 0.274 e. The van der Waals surface area contributed by atoms with Gasteiger partial charge < -0.3 is 4.90 Å². The number of nitrogens with zero attached hydrogens (tertiary/aromatic N) is 5. The van der Waals surface area contributed by atoms with Gasteiger partial charge in [0.2, 0.25) is 0 Å². The van der Waals surface area contributed by atoms with Crippen LogP contribution in [0, 0.1) is 6.92 Å². The monoisotopic (exact) mass is 263 g/mol. The third kappa shape index (κ3) is 2.81. The lowest BCUT2D eigenvalue weighted by Crippen LogP contribution is -2.31. The number of hydrogen-bond donors (Lipinski definition) is 0. The largest absolute Gasteiger partial charge is 0.331 e. The van der Waals surface area contributed by atoms with E-state index in [1.54, 1.807) is 28.8 Å². The Morgan fingerprint density at radius 1 is 1.42 bits per heavy atom. The van der Waals surface area contributed by atoms with Crippen LogP contribution in [0.25, 0.3) is 0 Å². The quantitative estimate of drug-likeness (QED) is 0.811. The maximum absolute atomic E-state index is 12.3. The van der Waals surface area contributed by atoms with Gasteiger partial charge in [0.25, 0.3) is 5.91 Å². The van der Waals surface area contributed by atoms with Crippen molar-refractivity contribution >= 4 is 5.91 Å². The molecule has 0 aromatic carbocycles. The third-order valence-electron chi connectivity index (χ3n) is 2.94. The number of hydrogen-bond acceptors (Lipinski definition) is 5. The first-order valence-corrected chi connectivity index (χ1v) is 6.26. The molecule has 2 rings (SSSR count). The lowest BCUT2D eigenvalue weighted by atomic mass is 10.3. The third-order valence-corrected chi connectivity index (χ3v) is 2.94. The van der Waals surface area contributed by atoms with Gasteiger partial charge in [0, 0.05) is 19.3 Å². The van der Waals surface area contributed by atoms with E-state index in [2.05, 4.69) is 20.0 Å². The van der Waals surface area contributed by atoms with Crippen molar-refractivity contribution in [1.82, 2.24) is 25.0 Å². The van der Waals surface area contributed by atoms with E-state index in [4.69, 9.17) is 0 Å². The Labute approximate surface area is 111 Å². The molecule has 0 spiro atoms. The fourth-order valence-corrected chi connectivity index (χ4v) is 1.71. The fourth-order valence-electron chi connectivity index (χ4n) is 1.71. The van der Waals surface area contributed by atoms with Gasteiger partial charge in [-0.1, -0.05) is 10.3 Å². The molecule has 7 nitrogen and oxygen atoms in total. The van der Waals surface area contributed by atoms with Crippen molar-refractivity contribution in [2.24, 2.45) is 0 Å². The van der Waals surface area contributed by atoms with Gasteiger partial charge in [-0.15, -0.1) is 0 Å². The van der Waals surface area contributed by atoms with Crippen LogP contribution in [0.4, 0.5) is 0 Å². The molecule has 1 amide bonds. The SMILES string of the molecule is CCN(Cc1nonc1C)C(=O)c1ccn(CC)n1. The Morgan fingerprint density at radius 3 is 2.74 bits per heavy atom. The van der Waals surface area contributed by atoms with Gasteiger partial charge in [-0.3, -0.25) is 9.48 Å². The van der Waals surface area contributed by atoms with Gasteiger partial charge in [-0.05, 0) is 26.8 Å². The highest BCUT2D eigenvalue weighted by Gasteiger charge is 2.19. The summed E-state index contributed by atoms with van der Waals surface area (Å²) in [5.41, 5.74) is 1.81. The molecule has 0 saturated heterocycles. The zero-order chi connectivity index (χ0) is 13.8. The van der Waals surface area contributed by atoms with Crippen LogP contribution < -0.4 is 0 Å². The van der Waals surface area contributed by atoms with Crippen molar-refractivity contribution in [1.29, 1.82) is 0 Å². The van der Waals surface area contributed by atoms with Crippen molar-refractivity contribution in [3.8, 4) is 0 Å². The second kappa shape index (κ2) is 5.64. The smallest absolute Gasteiger partial charge is 0.274 e. The van der Waals surface area contributed by atoms with Crippen molar-refractivity contribution in [3.05, 3.63) is 29.3 Å². The Hall–Kier alpha value is -2.18. The first-order chi connectivity index (χ1) is 9.15. The molecule has 0 bridgehead atoms. The average molecular weight is 263 g/mol. The summed E-state index contributed by atoms with van der Waals surface area (Å²) in [6.45, 7) is 7.39. The zero-order valence-corrected chi connectivity index (χ0v) is 11.3. The summed E-state index contributed by atoms with van der Waals surface area (Å²) >= 11 is 0. The summed E-state index contributed by atoms with van der Waals surface area (Å²) in [7, 11) is 0. The van der Waals surface area contributed by atoms with E-state index in [-0.39, 0.29) is 5.91 Å². The molecule has 2 aromatic rings. The molecule has 2 aromatic heterocycles. The first-order valence-electron chi connectivity index (χ1n) is 6.26. The van der Waals surface area contributed by atoms with Crippen LogP contribution in [-0.2, 0) is 13.1 Å². The molecular weight excluding hydrogens is 246 g/mol. The van der Waals surface area contributed by atoms with Gasteiger partial charge in [0.1, 0.15) is 17.1 Å². The average Bonchev–Trinajstić information content (AvgIpc) is 3.04. The van der Waals surface area contributed by atoms with Crippen LogP contribution in [0.3, 0.4) is 0 Å². The van der Waals surface area contributed by atoms with Crippen molar-refractivity contribution in [3.63, 3.8) is 0 Å². The van der Waals surface area contributed by atoms with Crippen LogP contribution in [-0.4, -0.2) is 37.4 Å². The summed E-state index contributed by atoms with van der Waals surface area (Å²) in [5, 5.41) is 11.7. The second-order valence-corrected chi connectivity index (χ2v) is 4.17. The summed E-state index contributed by atoms with van der Waals surface area (Å²) in [5.74, 6) is -0.114. The van der Waals surface area contributed by atoms with Gasteiger partial charge >= 0.3 is 0 Å². The Balaban J connectivity index is 2.13. The van der Waals surface area contributed by atoms with Crippen LogP contribution in [0.5, 0.6) is 0 Å². The summed E-state index contributed by atoms with van der Waals surface area (Å²) < 4.78 is 6.37. The zero-order valence-electron chi connectivity index (χ0n) is 11.3. The predicted molar refractivity (Wildman–Crippen MR) is 67.4 cm³/mol. The van der Waals surface area contributed by atoms with Crippen molar-refractivity contribution < 1.29 is 9.42 Å². The normalized spacial score (nSPS) is 10.7. The molecule has 0 radical (unpaired) electrons. The van der Waals surface area contributed by atoms with E-state index >= 15 is 0 Å². The Kier molecular flexibility index (Phi) is 3.94. The standard InChI is InChI=1S/C12H17N5O2/c1-4-16(8-11-9(3)14-19-15-11)12(18)10-6-7-17(5-2)13-10/h6-7H,4-5,8H2,1-3H3. The molecule has 0 aliphatic heterocycles.